The van der Waals surface area contributed by atoms with Crippen molar-refractivity contribution in [2.75, 3.05) is 0 Å². The van der Waals surface area contributed by atoms with Gasteiger partial charge in [0, 0.05) is 18.1 Å². The molecule has 0 amide bonds. The molecule has 0 aromatic heterocycles. The minimum absolute atomic E-state index is 0.346. The fourth-order valence-electron chi connectivity index (χ4n) is 2.67. The van der Waals surface area contributed by atoms with Crippen LogP contribution in [0.25, 0.3) is 5.57 Å². The third kappa shape index (κ3) is 5.43. The predicted molar refractivity (Wildman–Crippen MR) is 109 cm³/mol. The number of benzene rings is 3. The van der Waals surface area contributed by atoms with Crippen LogP contribution in [-0.4, -0.2) is 5.97 Å². The molecule has 1 unspecified atom stereocenters. The van der Waals surface area contributed by atoms with Gasteiger partial charge in [-0.25, -0.2) is 4.39 Å². The van der Waals surface area contributed by atoms with Crippen LogP contribution in [0.15, 0.2) is 91.0 Å². The van der Waals surface area contributed by atoms with Gasteiger partial charge in [0.1, 0.15) is 11.9 Å². The molecule has 0 spiro atoms. The molecule has 0 saturated carbocycles. The summed E-state index contributed by atoms with van der Waals surface area (Å²) in [7, 11) is 0. The van der Waals surface area contributed by atoms with E-state index >= 15 is 0 Å². The van der Waals surface area contributed by atoms with Gasteiger partial charge in [0.2, 0.25) is 0 Å². The Hall–Kier alpha value is -3.64. The normalized spacial score (nSPS) is 11.9. The molecule has 0 N–H and O–H groups in total. The molecule has 0 aliphatic rings. The van der Waals surface area contributed by atoms with E-state index in [-0.39, 0.29) is 5.82 Å². The van der Waals surface area contributed by atoms with E-state index in [0.29, 0.717) is 5.56 Å². The van der Waals surface area contributed by atoms with E-state index in [0.717, 1.165) is 16.7 Å². The lowest BCUT2D eigenvalue weighted by Crippen LogP contribution is -2.07. The summed E-state index contributed by atoms with van der Waals surface area (Å²) in [4.78, 5) is 11.6. The number of rotatable bonds is 4. The first kappa shape index (κ1) is 19.1. The molecule has 0 fully saturated rings. The summed E-state index contributed by atoms with van der Waals surface area (Å²) in [6, 6.07) is 25.2. The molecule has 0 aliphatic carbocycles. The fourth-order valence-corrected chi connectivity index (χ4v) is 2.67. The Morgan fingerprint density at radius 3 is 2.14 bits per heavy atom. The number of halogens is 1. The average Bonchev–Trinajstić information content (AvgIpc) is 2.72. The van der Waals surface area contributed by atoms with Crippen LogP contribution >= 0.6 is 0 Å². The van der Waals surface area contributed by atoms with Crippen LogP contribution in [0.1, 0.15) is 29.7 Å². The van der Waals surface area contributed by atoms with E-state index in [4.69, 9.17) is 4.74 Å². The van der Waals surface area contributed by atoms with Crippen molar-refractivity contribution in [2.24, 2.45) is 0 Å². The molecular formula is C25H19FO2. The number of hydrogen-bond acceptors (Lipinski definition) is 2. The lowest BCUT2D eigenvalue weighted by Gasteiger charge is -2.15. The molecule has 3 aromatic carbocycles. The first-order valence-corrected chi connectivity index (χ1v) is 8.89. The Morgan fingerprint density at radius 2 is 1.54 bits per heavy atom. The molecule has 0 radical (unpaired) electrons. The number of esters is 1. The van der Waals surface area contributed by atoms with Crippen molar-refractivity contribution in [2.45, 2.75) is 13.0 Å². The maximum atomic E-state index is 13.3. The zero-order valence-electron chi connectivity index (χ0n) is 15.4. The van der Waals surface area contributed by atoms with E-state index in [9.17, 15) is 9.18 Å². The molecule has 28 heavy (non-hydrogen) atoms. The summed E-state index contributed by atoms with van der Waals surface area (Å²) < 4.78 is 18.8. The molecule has 0 heterocycles. The first-order valence-electron chi connectivity index (χ1n) is 8.89. The van der Waals surface area contributed by atoms with Gasteiger partial charge in [0.15, 0.2) is 0 Å². The van der Waals surface area contributed by atoms with Gasteiger partial charge in [-0.15, -0.1) is 0 Å². The van der Waals surface area contributed by atoms with Crippen molar-refractivity contribution in [3.63, 3.8) is 0 Å². The Labute approximate surface area is 164 Å². The number of carbonyl (C=O) groups is 1. The molecule has 0 aliphatic heterocycles. The molecule has 2 nitrogen and oxygen atoms in total. The van der Waals surface area contributed by atoms with Crippen LogP contribution in [0.3, 0.4) is 0 Å². The molecule has 0 bridgehead atoms. The smallest absolute Gasteiger partial charge is 0.303 e. The fraction of sp³-hybridized carbons (Fsp3) is 0.0800. The van der Waals surface area contributed by atoms with Gasteiger partial charge < -0.3 is 4.74 Å². The second kappa shape index (κ2) is 9.34. The minimum Gasteiger partial charge on any atom is -0.453 e. The van der Waals surface area contributed by atoms with Gasteiger partial charge >= 0.3 is 5.97 Å². The van der Waals surface area contributed by atoms with E-state index < -0.39 is 12.1 Å². The molecule has 1 atom stereocenters. The second-order valence-corrected chi connectivity index (χ2v) is 6.14. The topological polar surface area (TPSA) is 26.3 Å². The molecule has 0 saturated heterocycles. The monoisotopic (exact) mass is 370 g/mol. The van der Waals surface area contributed by atoms with Crippen LogP contribution in [0.5, 0.6) is 0 Å². The summed E-state index contributed by atoms with van der Waals surface area (Å²) in [5.41, 5.74) is 3.19. The van der Waals surface area contributed by atoms with Crippen LogP contribution in [-0.2, 0) is 9.53 Å². The van der Waals surface area contributed by atoms with Crippen molar-refractivity contribution in [1.29, 1.82) is 0 Å². The number of ether oxygens (including phenoxy) is 1. The average molecular weight is 370 g/mol. The largest absolute Gasteiger partial charge is 0.453 e. The van der Waals surface area contributed by atoms with Crippen molar-refractivity contribution in [3.8, 4) is 11.8 Å². The molecule has 3 rings (SSSR count). The highest BCUT2D eigenvalue weighted by molar-refractivity contribution is 5.80. The third-order valence-corrected chi connectivity index (χ3v) is 4.01. The summed E-state index contributed by atoms with van der Waals surface area (Å²) in [6.45, 7) is 1.35. The Balaban J connectivity index is 2.05. The Kier molecular flexibility index (Phi) is 6.38. The van der Waals surface area contributed by atoms with E-state index in [1.165, 1.54) is 19.1 Å². The number of allylic oxidation sites excluding steroid dienone is 1. The van der Waals surface area contributed by atoms with E-state index in [1.807, 2.05) is 60.7 Å². The SMILES string of the molecule is CC(=O)OC(/C=C(\C#Cc1ccccc1)c1ccccc1)c1ccc(F)cc1. The van der Waals surface area contributed by atoms with Crippen LogP contribution < -0.4 is 0 Å². The highest BCUT2D eigenvalue weighted by Crippen LogP contribution is 2.25. The van der Waals surface area contributed by atoms with Gasteiger partial charge in [0.05, 0.1) is 0 Å². The number of hydrogen-bond donors (Lipinski definition) is 0. The van der Waals surface area contributed by atoms with Crippen molar-refractivity contribution in [1.82, 2.24) is 0 Å². The highest BCUT2D eigenvalue weighted by Gasteiger charge is 2.14. The van der Waals surface area contributed by atoms with Gasteiger partial charge in [-0.3, -0.25) is 4.79 Å². The summed E-state index contributed by atoms with van der Waals surface area (Å²) in [5.74, 6) is 5.56. The van der Waals surface area contributed by atoms with Gasteiger partial charge in [-0.05, 0) is 41.5 Å². The molecule has 138 valence electrons. The summed E-state index contributed by atoms with van der Waals surface area (Å²) >= 11 is 0. The third-order valence-electron chi connectivity index (χ3n) is 4.01. The Morgan fingerprint density at radius 1 is 0.929 bits per heavy atom. The highest BCUT2D eigenvalue weighted by atomic mass is 19.1. The first-order chi connectivity index (χ1) is 13.6. The van der Waals surface area contributed by atoms with Crippen molar-refractivity contribution >= 4 is 11.5 Å². The van der Waals surface area contributed by atoms with Gasteiger partial charge in [-0.1, -0.05) is 72.5 Å². The van der Waals surface area contributed by atoms with Crippen LogP contribution in [0.2, 0.25) is 0 Å². The summed E-state index contributed by atoms with van der Waals surface area (Å²) in [6.07, 6.45) is 1.12. The zero-order chi connectivity index (χ0) is 19.8. The molecule has 3 heteroatoms. The minimum atomic E-state index is -0.668. The van der Waals surface area contributed by atoms with Crippen LogP contribution in [0, 0.1) is 17.7 Å². The maximum Gasteiger partial charge on any atom is 0.303 e. The van der Waals surface area contributed by atoms with Gasteiger partial charge in [-0.2, -0.15) is 0 Å². The quantitative estimate of drug-likeness (QED) is 0.444. The maximum absolute atomic E-state index is 13.3. The molecular weight excluding hydrogens is 351 g/mol. The number of carbonyl (C=O) groups excluding carboxylic acids is 1. The Bertz CT molecular complexity index is 1010. The van der Waals surface area contributed by atoms with Crippen molar-refractivity contribution < 1.29 is 13.9 Å². The van der Waals surface area contributed by atoms with Crippen LogP contribution in [0.4, 0.5) is 4.39 Å². The van der Waals surface area contributed by atoms with Gasteiger partial charge in [0.25, 0.3) is 0 Å². The van der Waals surface area contributed by atoms with E-state index in [2.05, 4.69) is 11.8 Å². The predicted octanol–water partition coefficient (Wildman–Crippen LogP) is 5.57. The molecule has 3 aromatic rings. The standard InChI is InChI=1S/C25H19FO2/c1-19(27)28-25(22-14-16-24(26)17-15-22)18-23(21-10-6-3-7-11-21)13-12-20-8-4-2-5-9-20/h2-11,14-18,25H,1H3/b23-18+. The summed E-state index contributed by atoms with van der Waals surface area (Å²) in [5, 5.41) is 0. The van der Waals surface area contributed by atoms with Crippen molar-refractivity contribution in [3.05, 3.63) is 114 Å². The zero-order valence-corrected chi connectivity index (χ0v) is 15.4. The van der Waals surface area contributed by atoms with E-state index in [1.54, 1.807) is 18.2 Å². The lowest BCUT2D eigenvalue weighted by atomic mass is 10.0. The lowest BCUT2D eigenvalue weighted by molar-refractivity contribution is -0.144. The second-order valence-electron chi connectivity index (χ2n) is 6.14.